The van der Waals surface area contributed by atoms with Gasteiger partial charge in [0.1, 0.15) is 11.3 Å². The van der Waals surface area contributed by atoms with E-state index in [9.17, 15) is 15.0 Å². The Morgan fingerprint density at radius 2 is 1.50 bits per heavy atom. The third kappa shape index (κ3) is 3.66. The SMILES string of the molecule is COc1ccc(/C=C/C(=O)c2c(O)cc(OC)c(OC)c2OC)cc1O. The topological polar surface area (TPSA) is 94.5 Å². The average Bonchev–Trinajstić information content (AvgIpc) is 2.64. The molecule has 26 heavy (non-hydrogen) atoms. The van der Waals surface area contributed by atoms with Gasteiger partial charge < -0.3 is 29.2 Å². The van der Waals surface area contributed by atoms with Crippen LogP contribution in [0, 0.1) is 0 Å². The summed E-state index contributed by atoms with van der Waals surface area (Å²) in [6, 6.07) is 5.98. The van der Waals surface area contributed by atoms with Crippen molar-refractivity contribution in [3.05, 3.63) is 41.5 Å². The molecule has 0 saturated carbocycles. The maximum Gasteiger partial charge on any atom is 0.204 e. The molecule has 2 aromatic carbocycles. The number of aromatic hydroxyl groups is 2. The zero-order chi connectivity index (χ0) is 19.3. The first-order chi connectivity index (χ1) is 12.5. The van der Waals surface area contributed by atoms with E-state index in [1.807, 2.05) is 0 Å². The van der Waals surface area contributed by atoms with Crippen LogP contribution in [0.15, 0.2) is 30.3 Å². The van der Waals surface area contributed by atoms with Crippen LogP contribution in [0.1, 0.15) is 15.9 Å². The largest absolute Gasteiger partial charge is 0.507 e. The summed E-state index contributed by atoms with van der Waals surface area (Å²) in [4.78, 5) is 12.6. The van der Waals surface area contributed by atoms with Gasteiger partial charge in [0.05, 0.1) is 28.4 Å². The molecule has 7 heteroatoms. The lowest BCUT2D eigenvalue weighted by Gasteiger charge is -2.15. The lowest BCUT2D eigenvalue weighted by Crippen LogP contribution is -2.03. The minimum absolute atomic E-state index is 0.0476. The van der Waals surface area contributed by atoms with E-state index in [4.69, 9.17) is 18.9 Å². The van der Waals surface area contributed by atoms with E-state index in [1.165, 1.54) is 52.7 Å². The van der Waals surface area contributed by atoms with Crippen molar-refractivity contribution in [2.75, 3.05) is 28.4 Å². The summed E-state index contributed by atoms with van der Waals surface area (Å²) in [6.45, 7) is 0. The molecule has 2 aromatic rings. The fourth-order valence-corrected chi connectivity index (χ4v) is 2.45. The van der Waals surface area contributed by atoms with E-state index in [-0.39, 0.29) is 34.3 Å². The van der Waals surface area contributed by atoms with Crippen molar-refractivity contribution in [2.45, 2.75) is 0 Å². The second kappa shape index (κ2) is 8.15. The normalized spacial score (nSPS) is 10.6. The fourth-order valence-electron chi connectivity index (χ4n) is 2.45. The van der Waals surface area contributed by atoms with Crippen LogP contribution in [0.4, 0.5) is 0 Å². The number of phenols is 2. The Morgan fingerprint density at radius 3 is 2.04 bits per heavy atom. The third-order valence-electron chi connectivity index (χ3n) is 3.69. The Labute approximate surface area is 151 Å². The van der Waals surface area contributed by atoms with Gasteiger partial charge in [-0.15, -0.1) is 0 Å². The standard InChI is InChI=1S/C19H20O7/c1-23-15-8-6-11(9-13(15)21)5-7-12(20)17-14(22)10-16(24-2)18(25-3)19(17)26-4/h5-10,21-22H,1-4H3/b7-5+. The van der Waals surface area contributed by atoms with Crippen LogP contribution in [-0.2, 0) is 0 Å². The number of allylic oxidation sites excluding steroid dienone is 1. The van der Waals surface area contributed by atoms with Crippen molar-refractivity contribution in [1.29, 1.82) is 0 Å². The van der Waals surface area contributed by atoms with Crippen LogP contribution >= 0.6 is 0 Å². The molecule has 0 unspecified atom stereocenters. The number of methoxy groups -OCH3 is 4. The third-order valence-corrected chi connectivity index (χ3v) is 3.69. The summed E-state index contributed by atoms with van der Waals surface area (Å²) >= 11 is 0. The van der Waals surface area contributed by atoms with Crippen LogP contribution in [0.25, 0.3) is 6.08 Å². The number of ketones is 1. The smallest absolute Gasteiger partial charge is 0.204 e. The molecule has 0 aliphatic carbocycles. The number of hydrogen-bond acceptors (Lipinski definition) is 7. The average molecular weight is 360 g/mol. The Bertz CT molecular complexity index is 840. The van der Waals surface area contributed by atoms with E-state index < -0.39 is 5.78 Å². The lowest BCUT2D eigenvalue weighted by atomic mass is 10.0. The molecule has 0 bridgehead atoms. The zero-order valence-electron chi connectivity index (χ0n) is 14.9. The van der Waals surface area contributed by atoms with Crippen molar-refractivity contribution in [3.8, 4) is 34.5 Å². The maximum absolute atomic E-state index is 12.6. The number of carbonyl (C=O) groups excluding carboxylic acids is 1. The first-order valence-corrected chi connectivity index (χ1v) is 7.58. The predicted molar refractivity (Wildman–Crippen MR) is 95.8 cm³/mol. The first-order valence-electron chi connectivity index (χ1n) is 7.58. The summed E-state index contributed by atoms with van der Waals surface area (Å²) in [6.07, 6.45) is 2.75. The molecule has 0 radical (unpaired) electrons. The van der Waals surface area contributed by atoms with Crippen LogP contribution < -0.4 is 18.9 Å². The second-order valence-electron chi connectivity index (χ2n) is 5.17. The Kier molecular flexibility index (Phi) is 5.95. The van der Waals surface area contributed by atoms with Crippen LogP contribution in [-0.4, -0.2) is 44.4 Å². The highest BCUT2D eigenvalue weighted by Gasteiger charge is 2.24. The Balaban J connectivity index is 2.42. The van der Waals surface area contributed by atoms with Gasteiger partial charge in [0.15, 0.2) is 28.8 Å². The van der Waals surface area contributed by atoms with E-state index >= 15 is 0 Å². The van der Waals surface area contributed by atoms with Gasteiger partial charge in [-0.2, -0.15) is 0 Å². The van der Waals surface area contributed by atoms with Gasteiger partial charge >= 0.3 is 0 Å². The minimum atomic E-state index is -0.504. The maximum atomic E-state index is 12.6. The molecule has 2 rings (SSSR count). The van der Waals surface area contributed by atoms with Crippen molar-refractivity contribution in [1.82, 2.24) is 0 Å². The minimum Gasteiger partial charge on any atom is -0.507 e. The summed E-state index contributed by atoms with van der Waals surface area (Å²) in [5, 5.41) is 20.0. The van der Waals surface area contributed by atoms with Crippen molar-refractivity contribution in [3.63, 3.8) is 0 Å². The molecule has 7 nitrogen and oxygen atoms in total. The van der Waals surface area contributed by atoms with E-state index in [0.29, 0.717) is 11.3 Å². The number of carbonyl (C=O) groups is 1. The quantitative estimate of drug-likeness (QED) is 0.579. The number of rotatable bonds is 7. The molecule has 0 amide bonds. The fraction of sp³-hybridized carbons (Fsp3) is 0.211. The molecule has 0 aliphatic rings. The van der Waals surface area contributed by atoms with Gasteiger partial charge in [-0.05, 0) is 23.8 Å². The van der Waals surface area contributed by atoms with Crippen molar-refractivity contribution in [2.24, 2.45) is 0 Å². The number of benzene rings is 2. The van der Waals surface area contributed by atoms with E-state index in [0.717, 1.165) is 0 Å². The lowest BCUT2D eigenvalue weighted by molar-refractivity contribution is 0.104. The molecule has 0 spiro atoms. The molecular formula is C19H20O7. The molecule has 2 N–H and O–H groups in total. The Morgan fingerprint density at radius 1 is 0.846 bits per heavy atom. The number of hydrogen-bond donors (Lipinski definition) is 2. The summed E-state index contributed by atoms with van der Waals surface area (Å²) in [5.74, 6) is -0.0191. The van der Waals surface area contributed by atoms with Crippen LogP contribution in [0.3, 0.4) is 0 Å². The molecule has 0 aromatic heterocycles. The summed E-state index contributed by atoms with van der Waals surface area (Å²) < 4.78 is 20.6. The van der Waals surface area contributed by atoms with Gasteiger partial charge in [0, 0.05) is 6.07 Å². The van der Waals surface area contributed by atoms with Gasteiger partial charge in [-0.1, -0.05) is 12.1 Å². The summed E-state index contributed by atoms with van der Waals surface area (Å²) in [7, 11) is 5.62. The number of phenolic OH excluding ortho intramolecular Hbond substituents is 2. The molecule has 0 atom stereocenters. The van der Waals surface area contributed by atoms with E-state index in [2.05, 4.69) is 0 Å². The molecule has 0 saturated heterocycles. The zero-order valence-corrected chi connectivity index (χ0v) is 14.9. The highest BCUT2D eigenvalue weighted by atomic mass is 16.5. The van der Waals surface area contributed by atoms with Gasteiger partial charge in [0.25, 0.3) is 0 Å². The van der Waals surface area contributed by atoms with Gasteiger partial charge in [-0.25, -0.2) is 0 Å². The highest BCUT2D eigenvalue weighted by Crippen LogP contribution is 2.45. The highest BCUT2D eigenvalue weighted by molar-refractivity contribution is 6.11. The van der Waals surface area contributed by atoms with Crippen LogP contribution in [0.5, 0.6) is 34.5 Å². The number of ether oxygens (including phenoxy) is 4. The summed E-state index contributed by atoms with van der Waals surface area (Å²) in [5.41, 5.74) is 0.523. The predicted octanol–water partition coefficient (Wildman–Crippen LogP) is 3.03. The molecule has 0 aliphatic heterocycles. The van der Waals surface area contributed by atoms with Crippen molar-refractivity contribution < 1.29 is 34.0 Å². The van der Waals surface area contributed by atoms with Gasteiger partial charge in [-0.3, -0.25) is 4.79 Å². The second-order valence-corrected chi connectivity index (χ2v) is 5.17. The molecule has 0 fully saturated rings. The first kappa shape index (κ1) is 19.0. The van der Waals surface area contributed by atoms with Crippen LogP contribution in [0.2, 0.25) is 0 Å². The Hall–Kier alpha value is -3.35. The molecule has 138 valence electrons. The molecular weight excluding hydrogens is 340 g/mol. The molecule has 0 heterocycles. The van der Waals surface area contributed by atoms with Crippen molar-refractivity contribution >= 4 is 11.9 Å². The monoisotopic (exact) mass is 360 g/mol. The van der Waals surface area contributed by atoms with E-state index in [1.54, 1.807) is 12.1 Å². The van der Waals surface area contributed by atoms with Gasteiger partial charge in [0.2, 0.25) is 5.75 Å².